The van der Waals surface area contributed by atoms with Gasteiger partial charge in [0.2, 0.25) is 11.8 Å². The maximum Gasteiger partial charge on any atom is 0.416 e. The van der Waals surface area contributed by atoms with Gasteiger partial charge in [-0.1, -0.05) is 43.1 Å². The lowest BCUT2D eigenvalue weighted by molar-refractivity contribution is -0.138. The molecule has 0 fully saturated rings. The molecule has 0 aliphatic carbocycles. The SMILES string of the molecule is CCN(CC)CCN1C(=O)C(c2ccc(Cl)cc2Cl)c2c1cc(C(N)=O)cc2C(F)(F)F. The van der Waals surface area contributed by atoms with Crippen LogP contribution in [-0.2, 0) is 11.0 Å². The van der Waals surface area contributed by atoms with Gasteiger partial charge in [-0.05, 0) is 42.9 Å². The molecular formula is C22H22Cl2F3N3O2. The molecule has 5 nitrogen and oxygen atoms in total. The van der Waals surface area contributed by atoms with E-state index in [1.54, 1.807) is 0 Å². The molecule has 1 atom stereocenters. The van der Waals surface area contributed by atoms with Gasteiger partial charge in [-0.3, -0.25) is 9.59 Å². The summed E-state index contributed by atoms with van der Waals surface area (Å²) in [7, 11) is 0. The smallest absolute Gasteiger partial charge is 0.366 e. The lowest BCUT2D eigenvalue weighted by Gasteiger charge is -2.24. The Kier molecular flexibility index (Phi) is 7.07. The minimum atomic E-state index is -4.82. The van der Waals surface area contributed by atoms with E-state index >= 15 is 0 Å². The average molecular weight is 488 g/mol. The number of carbonyl (C=O) groups is 2. The van der Waals surface area contributed by atoms with Gasteiger partial charge in [0.15, 0.2) is 0 Å². The zero-order valence-corrected chi connectivity index (χ0v) is 19.0. The fraction of sp³-hybridized carbons (Fsp3) is 0.364. The molecule has 1 aliphatic rings. The number of nitrogens with two attached hydrogens (primary N) is 1. The minimum absolute atomic E-state index is 0.0156. The molecule has 0 saturated carbocycles. The van der Waals surface area contributed by atoms with Gasteiger partial charge in [0.25, 0.3) is 0 Å². The molecule has 1 aliphatic heterocycles. The third kappa shape index (κ3) is 4.58. The Morgan fingerprint density at radius 3 is 2.34 bits per heavy atom. The fourth-order valence-electron chi connectivity index (χ4n) is 3.98. The predicted molar refractivity (Wildman–Crippen MR) is 118 cm³/mol. The number of halogens is 5. The van der Waals surface area contributed by atoms with E-state index in [0.717, 1.165) is 0 Å². The number of carbonyl (C=O) groups excluding carboxylic acids is 2. The standard InChI is InChI=1S/C22H22Cl2F3N3O2/c1-3-29(4-2)7-8-30-17-10-12(20(28)31)9-15(22(25,26)27)19(17)18(21(30)32)14-6-5-13(23)11-16(14)24/h5-6,9-11,18H,3-4,7-8H2,1-2H3,(H2,28,31). The summed E-state index contributed by atoms with van der Waals surface area (Å²) < 4.78 is 42.2. The number of hydrogen-bond acceptors (Lipinski definition) is 3. The largest absolute Gasteiger partial charge is 0.416 e. The Hall–Kier alpha value is -2.29. The molecule has 0 radical (unpaired) electrons. The van der Waals surface area contributed by atoms with E-state index in [0.29, 0.717) is 30.7 Å². The first-order chi connectivity index (χ1) is 15.0. The quantitative estimate of drug-likeness (QED) is 0.601. The Bertz CT molecular complexity index is 1060. The van der Waals surface area contributed by atoms with Crippen LogP contribution in [0.15, 0.2) is 30.3 Å². The van der Waals surface area contributed by atoms with Crippen LogP contribution in [0.25, 0.3) is 0 Å². The van der Waals surface area contributed by atoms with Crippen LogP contribution in [0.3, 0.4) is 0 Å². The van der Waals surface area contributed by atoms with Gasteiger partial charge in [0, 0.05) is 39.9 Å². The van der Waals surface area contributed by atoms with Crippen molar-refractivity contribution in [2.24, 2.45) is 5.73 Å². The highest BCUT2D eigenvalue weighted by atomic mass is 35.5. The zero-order valence-electron chi connectivity index (χ0n) is 17.5. The number of nitrogens with zero attached hydrogens (tertiary/aromatic N) is 2. The summed E-state index contributed by atoms with van der Waals surface area (Å²) in [6.45, 7) is 5.93. The number of rotatable bonds is 7. The molecule has 0 saturated heterocycles. The summed E-state index contributed by atoms with van der Waals surface area (Å²) in [6.07, 6.45) is -4.82. The number of hydrogen-bond donors (Lipinski definition) is 1. The van der Waals surface area contributed by atoms with Gasteiger partial charge in [-0.15, -0.1) is 0 Å². The van der Waals surface area contributed by atoms with Gasteiger partial charge in [-0.2, -0.15) is 13.2 Å². The van der Waals surface area contributed by atoms with Crippen molar-refractivity contribution in [3.63, 3.8) is 0 Å². The predicted octanol–water partition coefficient (Wildman–Crippen LogP) is 4.93. The topological polar surface area (TPSA) is 66.6 Å². The third-order valence-electron chi connectivity index (χ3n) is 5.65. The van der Waals surface area contributed by atoms with Crippen LogP contribution >= 0.6 is 23.2 Å². The molecule has 0 spiro atoms. The van der Waals surface area contributed by atoms with Gasteiger partial charge in [0.05, 0.1) is 11.5 Å². The van der Waals surface area contributed by atoms with Crippen molar-refractivity contribution < 1.29 is 22.8 Å². The first kappa shape index (κ1) is 24.4. The zero-order chi connectivity index (χ0) is 23.8. The molecule has 2 aromatic carbocycles. The number of amides is 2. The molecule has 3 rings (SSSR count). The Morgan fingerprint density at radius 2 is 1.81 bits per heavy atom. The number of benzene rings is 2. The first-order valence-electron chi connectivity index (χ1n) is 10.0. The van der Waals surface area contributed by atoms with Crippen LogP contribution < -0.4 is 10.6 Å². The van der Waals surface area contributed by atoms with Crippen molar-refractivity contribution in [3.8, 4) is 0 Å². The van der Waals surface area contributed by atoms with Crippen molar-refractivity contribution in [3.05, 3.63) is 62.6 Å². The first-order valence-corrected chi connectivity index (χ1v) is 10.8. The maximum absolute atomic E-state index is 14.1. The highest BCUT2D eigenvalue weighted by molar-refractivity contribution is 6.35. The number of likely N-dealkylation sites (N-methyl/N-ethyl adjacent to an activating group) is 1. The molecule has 2 aromatic rings. The Morgan fingerprint density at radius 1 is 1.16 bits per heavy atom. The number of primary amides is 1. The van der Waals surface area contributed by atoms with Crippen LogP contribution in [0, 0.1) is 0 Å². The summed E-state index contributed by atoms with van der Waals surface area (Å²) in [6, 6.07) is 6.25. The molecule has 2 amide bonds. The molecule has 1 heterocycles. The second-order valence-corrected chi connectivity index (χ2v) is 8.28. The van der Waals surface area contributed by atoms with Crippen LogP contribution in [-0.4, -0.2) is 42.9 Å². The third-order valence-corrected chi connectivity index (χ3v) is 6.21. The van der Waals surface area contributed by atoms with E-state index in [1.165, 1.54) is 29.2 Å². The number of fused-ring (bicyclic) bond motifs is 1. The monoisotopic (exact) mass is 487 g/mol. The molecule has 32 heavy (non-hydrogen) atoms. The molecule has 1 unspecified atom stereocenters. The molecule has 2 N–H and O–H groups in total. The van der Waals surface area contributed by atoms with Gasteiger partial charge < -0.3 is 15.5 Å². The van der Waals surface area contributed by atoms with Crippen molar-refractivity contribution in [2.45, 2.75) is 25.9 Å². The Balaban J connectivity index is 2.25. The van der Waals surface area contributed by atoms with Crippen molar-refractivity contribution >= 4 is 40.7 Å². The van der Waals surface area contributed by atoms with E-state index in [9.17, 15) is 22.8 Å². The van der Waals surface area contributed by atoms with E-state index in [4.69, 9.17) is 28.9 Å². The molecule has 10 heteroatoms. The fourth-order valence-corrected chi connectivity index (χ4v) is 4.49. The average Bonchev–Trinajstić information content (AvgIpc) is 2.99. The minimum Gasteiger partial charge on any atom is -0.366 e. The van der Waals surface area contributed by atoms with Crippen LogP contribution in [0.5, 0.6) is 0 Å². The van der Waals surface area contributed by atoms with Gasteiger partial charge in [-0.25, -0.2) is 0 Å². The number of alkyl halides is 3. The van der Waals surface area contributed by atoms with Crippen LogP contribution in [0.4, 0.5) is 18.9 Å². The molecule has 0 bridgehead atoms. The van der Waals surface area contributed by atoms with Gasteiger partial charge in [0.1, 0.15) is 0 Å². The van der Waals surface area contributed by atoms with E-state index < -0.39 is 29.5 Å². The van der Waals surface area contributed by atoms with Crippen molar-refractivity contribution in [2.75, 3.05) is 31.1 Å². The highest BCUT2D eigenvalue weighted by Gasteiger charge is 2.47. The molecule has 0 aromatic heterocycles. The van der Waals surface area contributed by atoms with Crippen LogP contribution in [0.2, 0.25) is 10.0 Å². The summed E-state index contributed by atoms with van der Waals surface area (Å²) in [5, 5.41) is 0.377. The lowest BCUT2D eigenvalue weighted by Crippen LogP contribution is -2.37. The summed E-state index contributed by atoms with van der Waals surface area (Å²) in [5.41, 5.74) is 3.88. The highest BCUT2D eigenvalue weighted by Crippen LogP contribution is 2.49. The van der Waals surface area contributed by atoms with E-state index in [2.05, 4.69) is 0 Å². The Labute approximate surface area is 193 Å². The maximum atomic E-state index is 14.1. The van der Waals surface area contributed by atoms with E-state index in [-0.39, 0.29) is 33.9 Å². The van der Waals surface area contributed by atoms with E-state index in [1.807, 2.05) is 18.7 Å². The lowest BCUT2D eigenvalue weighted by atomic mass is 9.88. The second kappa shape index (κ2) is 9.29. The second-order valence-electron chi connectivity index (χ2n) is 7.43. The summed E-state index contributed by atoms with van der Waals surface area (Å²) in [5.74, 6) is -2.85. The summed E-state index contributed by atoms with van der Waals surface area (Å²) in [4.78, 5) is 28.6. The van der Waals surface area contributed by atoms with Crippen molar-refractivity contribution in [1.29, 1.82) is 0 Å². The van der Waals surface area contributed by atoms with Gasteiger partial charge >= 0.3 is 6.18 Å². The molecular weight excluding hydrogens is 466 g/mol. The number of anilines is 1. The van der Waals surface area contributed by atoms with Crippen LogP contribution in [0.1, 0.15) is 46.8 Å². The normalized spacial score (nSPS) is 16.1. The summed E-state index contributed by atoms with van der Waals surface area (Å²) >= 11 is 12.2. The van der Waals surface area contributed by atoms with Crippen molar-refractivity contribution in [1.82, 2.24) is 4.90 Å². The molecule has 172 valence electrons.